The van der Waals surface area contributed by atoms with Crippen LogP contribution >= 0.6 is 0 Å². The van der Waals surface area contributed by atoms with Crippen LogP contribution in [0.2, 0.25) is 0 Å². The number of nitrogens with zero attached hydrogens (tertiary/aromatic N) is 4. The predicted octanol–water partition coefficient (Wildman–Crippen LogP) is 2.98. The normalized spacial score (nSPS) is 15.8. The van der Waals surface area contributed by atoms with Gasteiger partial charge in [0.2, 0.25) is 5.89 Å². The van der Waals surface area contributed by atoms with Gasteiger partial charge < -0.3 is 19.6 Å². The van der Waals surface area contributed by atoms with Gasteiger partial charge >= 0.3 is 6.03 Å². The monoisotopic (exact) mass is 357 g/mol. The average Bonchev–Trinajstić information content (AvgIpc) is 3.08. The van der Waals surface area contributed by atoms with E-state index in [1.54, 1.807) is 6.92 Å². The van der Waals surface area contributed by atoms with Crippen molar-refractivity contribution in [2.45, 2.75) is 40.2 Å². The molecule has 0 aliphatic carbocycles. The van der Waals surface area contributed by atoms with Crippen molar-refractivity contribution < 1.29 is 9.32 Å². The van der Waals surface area contributed by atoms with Crippen LogP contribution in [0.4, 0.5) is 10.5 Å². The number of nitrogens with one attached hydrogen (secondary N) is 1. The Morgan fingerprint density at radius 2 is 1.92 bits per heavy atom. The Labute approximate surface area is 154 Å². The second-order valence-electron chi connectivity index (χ2n) is 6.82. The number of aromatic nitrogens is 2. The van der Waals surface area contributed by atoms with E-state index >= 15 is 0 Å². The summed E-state index contributed by atoms with van der Waals surface area (Å²) in [6.45, 7) is 11.0. The molecule has 0 saturated carbocycles. The molecule has 2 aromatic rings. The zero-order chi connectivity index (χ0) is 18.7. The first-order chi connectivity index (χ1) is 12.5. The quantitative estimate of drug-likeness (QED) is 0.910. The Bertz CT molecular complexity index is 765. The number of urea groups is 1. The number of hydrogen-bond donors (Lipinski definition) is 1. The number of aryl methyl sites for hydroxylation is 3. The molecule has 1 N–H and O–H groups in total. The summed E-state index contributed by atoms with van der Waals surface area (Å²) in [6.07, 6.45) is 0.716. The summed E-state index contributed by atoms with van der Waals surface area (Å²) in [7, 11) is 0. The lowest BCUT2D eigenvalue weighted by molar-refractivity contribution is 0.189. The van der Waals surface area contributed by atoms with Crippen LogP contribution in [0, 0.1) is 20.8 Å². The molecule has 1 aromatic carbocycles. The third-order valence-corrected chi connectivity index (χ3v) is 4.98. The van der Waals surface area contributed by atoms with Crippen LogP contribution in [0.1, 0.15) is 42.2 Å². The Balaban J connectivity index is 1.56. The summed E-state index contributed by atoms with van der Waals surface area (Å²) in [4.78, 5) is 21.0. The van der Waals surface area contributed by atoms with Crippen molar-refractivity contribution in [2.24, 2.45) is 0 Å². The van der Waals surface area contributed by atoms with E-state index in [2.05, 4.69) is 52.4 Å². The molecule has 0 spiro atoms. The number of amides is 2. The minimum atomic E-state index is -0.224. The van der Waals surface area contributed by atoms with Crippen molar-refractivity contribution in [3.8, 4) is 0 Å². The largest absolute Gasteiger partial charge is 0.368 e. The second-order valence-corrected chi connectivity index (χ2v) is 6.82. The van der Waals surface area contributed by atoms with E-state index in [4.69, 9.17) is 4.52 Å². The molecule has 1 saturated heterocycles. The fourth-order valence-electron chi connectivity index (χ4n) is 3.14. The molecule has 26 heavy (non-hydrogen) atoms. The molecule has 0 radical (unpaired) electrons. The van der Waals surface area contributed by atoms with E-state index in [0.717, 1.165) is 13.1 Å². The molecule has 1 aliphatic heterocycles. The van der Waals surface area contributed by atoms with E-state index < -0.39 is 0 Å². The van der Waals surface area contributed by atoms with Crippen LogP contribution in [0.5, 0.6) is 0 Å². The highest BCUT2D eigenvalue weighted by Gasteiger charge is 2.25. The lowest BCUT2D eigenvalue weighted by Gasteiger charge is -2.36. The lowest BCUT2D eigenvalue weighted by Crippen LogP contribution is -2.52. The van der Waals surface area contributed by atoms with E-state index in [1.807, 2.05) is 11.8 Å². The molecule has 0 bridgehead atoms. The predicted molar refractivity (Wildman–Crippen MR) is 100 cm³/mol. The van der Waals surface area contributed by atoms with E-state index in [9.17, 15) is 4.79 Å². The zero-order valence-corrected chi connectivity index (χ0v) is 16.0. The van der Waals surface area contributed by atoms with Gasteiger partial charge in [-0.3, -0.25) is 0 Å². The van der Waals surface area contributed by atoms with Gasteiger partial charge in [-0.2, -0.15) is 4.98 Å². The fraction of sp³-hybridized carbons (Fsp3) is 0.526. The standard InChI is InChI=1S/C19H27N5O2/c1-5-17(18-20-15(4)26-22-18)21-19(25)24-10-8-23(9-11-24)16-7-6-13(2)14(3)12-16/h6-7,12,17H,5,8-11H2,1-4H3,(H,21,25). The molecule has 1 fully saturated rings. The number of anilines is 1. The second kappa shape index (κ2) is 7.76. The zero-order valence-electron chi connectivity index (χ0n) is 16.0. The number of carbonyl (C=O) groups excluding carboxylic acids is 1. The molecule has 1 aliphatic rings. The maximum atomic E-state index is 12.6. The average molecular weight is 357 g/mol. The highest BCUT2D eigenvalue weighted by molar-refractivity contribution is 5.75. The van der Waals surface area contributed by atoms with Crippen LogP contribution in [-0.4, -0.2) is 47.3 Å². The first kappa shape index (κ1) is 18.2. The first-order valence-electron chi connectivity index (χ1n) is 9.15. The number of rotatable bonds is 4. The fourth-order valence-corrected chi connectivity index (χ4v) is 3.14. The highest BCUT2D eigenvalue weighted by atomic mass is 16.5. The number of piperazine rings is 1. The summed E-state index contributed by atoms with van der Waals surface area (Å²) in [5, 5.41) is 6.95. The Morgan fingerprint density at radius 3 is 2.50 bits per heavy atom. The van der Waals surface area contributed by atoms with Crippen molar-refractivity contribution in [3.05, 3.63) is 41.0 Å². The van der Waals surface area contributed by atoms with Crippen molar-refractivity contribution >= 4 is 11.7 Å². The van der Waals surface area contributed by atoms with Gasteiger partial charge in [-0.25, -0.2) is 4.79 Å². The Morgan fingerprint density at radius 1 is 1.19 bits per heavy atom. The number of hydrogen-bond acceptors (Lipinski definition) is 5. The van der Waals surface area contributed by atoms with Crippen LogP contribution in [0.3, 0.4) is 0 Å². The SMILES string of the molecule is CCC(NC(=O)N1CCN(c2ccc(C)c(C)c2)CC1)c1noc(C)n1. The molecular formula is C19H27N5O2. The minimum absolute atomic E-state index is 0.0703. The van der Waals surface area contributed by atoms with Crippen LogP contribution in [-0.2, 0) is 0 Å². The smallest absolute Gasteiger partial charge is 0.318 e. The van der Waals surface area contributed by atoms with Crippen molar-refractivity contribution in [1.82, 2.24) is 20.4 Å². The first-order valence-corrected chi connectivity index (χ1v) is 9.15. The summed E-state index contributed by atoms with van der Waals surface area (Å²) in [6, 6.07) is 6.24. The Hall–Kier alpha value is -2.57. The third kappa shape index (κ3) is 3.98. The minimum Gasteiger partial charge on any atom is -0.368 e. The molecule has 7 nitrogen and oxygen atoms in total. The summed E-state index contributed by atoms with van der Waals surface area (Å²) >= 11 is 0. The van der Waals surface area contributed by atoms with Gasteiger partial charge in [-0.1, -0.05) is 18.1 Å². The van der Waals surface area contributed by atoms with Gasteiger partial charge in [0.15, 0.2) is 5.82 Å². The van der Waals surface area contributed by atoms with Crippen LogP contribution < -0.4 is 10.2 Å². The van der Waals surface area contributed by atoms with Gasteiger partial charge in [0, 0.05) is 38.8 Å². The summed E-state index contributed by atoms with van der Waals surface area (Å²) in [5.41, 5.74) is 3.82. The molecule has 3 rings (SSSR count). The molecule has 2 amide bonds. The van der Waals surface area contributed by atoms with Crippen molar-refractivity contribution in [3.63, 3.8) is 0 Å². The molecular weight excluding hydrogens is 330 g/mol. The van der Waals surface area contributed by atoms with E-state index in [-0.39, 0.29) is 12.1 Å². The topological polar surface area (TPSA) is 74.5 Å². The number of carbonyl (C=O) groups is 1. The van der Waals surface area contributed by atoms with Gasteiger partial charge in [0.25, 0.3) is 0 Å². The van der Waals surface area contributed by atoms with Gasteiger partial charge in [-0.05, 0) is 43.5 Å². The van der Waals surface area contributed by atoms with Crippen LogP contribution in [0.25, 0.3) is 0 Å². The molecule has 7 heteroatoms. The molecule has 1 unspecified atom stereocenters. The van der Waals surface area contributed by atoms with Crippen molar-refractivity contribution in [2.75, 3.05) is 31.1 Å². The maximum Gasteiger partial charge on any atom is 0.318 e. The number of benzene rings is 1. The van der Waals surface area contributed by atoms with Gasteiger partial charge in [-0.15, -0.1) is 0 Å². The molecule has 1 aromatic heterocycles. The summed E-state index contributed by atoms with van der Waals surface area (Å²) in [5.74, 6) is 1.04. The molecule has 2 heterocycles. The maximum absolute atomic E-state index is 12.6. The van der Waals surface area contributed by atoms with E-state index in [1.165, 1.54) is 16.8 Å². The lowest BCUT2D eigenvalue weighted by atomic mass is 10.1. The Kier molecular flexibility index (Phi) is 5.44. The van der Waals surface area contributed by atoms with Gasteiger partial charge in [0.05, 0.1) is 6.04 Å². The highest BCUT2D eigenvalue weighted by Crippen LogP contribution is 2.21. The molecule has 140 valence electrons. The summed E-state index contributed by atoms with van der Waals surface area (Å²) < 4.78 is 5.02. The van der Waals surface area contributed by atoms with Gasteiger partial charge in [0.1, 0.15) is 0 Å². The third-order valence-electron chi connectivity index (χ3n) is 4.98. The van der Waals surface area contributed by atoms with Crippen molar-refractivity contribution in [1.29, 1.82) is 0 Å². The van der Waals surface area contributed by atoms with E-state index in [0.29, 0.717) is 31.2 Å². The molecule has 1 atom stereocenters. The van der Waals surface area contributed by atoms with Crippen LogP contribution in [0.15, 0.2) is 22.7 Å².